The highest BCUT2D eigenvalue weighted by Gasteiger charge is 2.18. The molecule has 1 atom stereocenters. The van der Waals surface area contributed by atoms with E-state index in [-0.39, 0.29) is 0 Å². The van der Waals surface area contributed by atoms with Gasteiger partial charge in [-0.1, -0.05) is 12.1 Å². The van der Waals surface area contributed by atoms with Gasteiger partial charge >= 0.3 is 0 Å². The lowest BCUT2D eigenvalue weighted by Gasteiger charge is -2.33. The zero-order valence-corrected chi connectivity index (χ0v) is 11.0. The van der Waals surface area contributed by atoms with Crippen LogP contribution in [0, 0.1) is 5.92 Å². The lowest BCUT2D eigenvalue weighted by molar-refractivity contribution is 0.359. The van der Waals surface area contributed by atoms with E-state index in [1.807, 2.05) is 0 Å². The maximum Gasteiger partial charge on any atom is 0.0602 e. The molecule has 0 amide bonds. The molecule has 2 aliphatic heterocycles. The molecule has 18 heavy (non-hydrogen) atoms. The number of hydrogen-bond acceptors (Lipinski definition) is 3. The Bertz CT molecular complexity index is 385. The Morgan fingerprint density at radius 2 is 2.17 bits per heavy atom. The van der Waals surface area contributed by atoms with Crippen molar-refractivity contribution in [1.82, 2.24) is 5.32 Å². The first kappa shape index (κ1) is 11.8. The maximum atomic E-state index is 3.51. The fraction of sp³-hybridized carbons (Fsp3) is 0.600. The number of anilines is 2. The number of para-hydroxylation sites is 2. The van der Waals surface area contributed by atoms with Gasteiger partial charge in [0.2, 0.25) is 0 Å². The molecule has 1 unspecified atom stereocenters. The summed E-state index contributed by atoms with van der Waals surface area (Å²) in [5, 5.41) is 6.99. The molecule has 0 saturated carbocycles. The minimum absolute atomic E-state index is 0.876. The fourth-order valence-corrected chi connectivity index (χ4v) is 3.09. The summed E-state index contributed by atoms with van der Waals surface area (Å²) in [4.78, 5) is 2.54. The molecule has 0 aliphatic carbocycles. The van der Waals surface area contributed by atoms with E-state index in [1.165, 1.54) is 50.3 Å². The predicted octanol–water partition coefficient (Wildman–Crippen LogP) is 2.31. The Morgan fingerprint density at radius 1 is 1.22 bits per heavy atom. The van der Waals surface area contributed by atoms with E-state index < -0.39 is 0 Å². The molecule has 1 aromatic rings. The van der Waals surface area contributed by atoms with E-state index in [2.05, 4.69) is 39.8 Å². The highest BCUT2D eigenvalue weighted by molar-refractivity contribution is 5.71. The van der Waals surface area contributed by atoms with Crippen LogP contribution in [0.15, 0.2) is 24.3 Å². The minimum atomic E-state index is 0.876. The average molecular weight is 245 g/mol. The van der Waals surface area contributed by atoms with Gasteiger partial charge in [-0.2, -0.15) is 0 Å². The van der Waals surface area contributed by atoms with Gasteiger partial charge in [-0.3, -0.25) is 0 Å². The molecular formula is C15H23N3. The third-order valence-electron chi connectivity index (χ3n) is 4.15. The molecule has 0 radical (unpaired) electrons. The van der Waals surface area contributed by atoms with Crippen molar-refractivity contribution < 1.29 is 0 Å². The number of hydrogen-bond donors (Lipinski definition) is 2. The van der Waals surface area contributed by atoms with Gasteiger partial charge in [0, 0.05) is 19.6 Å². The number of fused-ring (bicyclic) bond motifs is 1. The largest absolute Gasteiger partial charge is 0.382 e. The fourth-order valence-electron chi connectivity index (χ4n) is 3.09. The zero-order valence-electron chi connectivity index (χ0n) is 11.0. The lowest BCUT2D eigenvalue weighted by atomic mass is 9.96. The topological polar surface area (TPSA) is 27.3 Å². The summed E-state index contributed by atoms with van der Waals surface area (Å²) in [6.45, 7) is 5.84. The summed E-state index contributed by atoms with van der Waals surface area (Å²) in [7, 11) is 0. The van der Waals surface area contributed by atoms with Gasteiger partial charge in [0.15, 0.2) is 0 Å². The van der Waals surface area contributed by atoms with Crippen molar-refractivity contribution in [1.29, 1.82) is 0 Å². The molecule has 0 aromatic heterocycles. The summed E-state index contributed by atoms with van der Waals surface area (Å²) in [5.41, 5.74) is 2.68. The van der Waals surface area contributed by atoms with E-state index in [4.69, 9.17) is 0 Å². The average Bonchev–Trinajstić information content (AvgIpc) is 2.46. The van der Waals surface area contributed by atoms with Crippen molar-refractivity contribution in [3.05, 3.63) is 24.3 Å². The van der Waals surface area contributed by atoms with E-state index in [0.29, 0.717) is 0 Å². The van der Waals surface area contributed by atoms with Gasteiger partial charge in [-0.05, 0) is 50.4 Å². The molecule has 0 bridgehead atoms. The standard InChI is InChI=1S/C15H23N3/c1-2-6-15-14(5-1)17-9-11-18(15)10-7-13-4-3-8-16-12-13/h1-2,5-6,13,16-17H,3-4,7-12H2. The third-order valence-corrected chi connectivity index (χ3v) is 4.15. The minimum Gasteiger partial charge on any atom is -0.382 e. The van der Waals surface area contributed by atoms with Crippen LogP contribution in [0.3, 0.4) is 0 Å². The van der Waals surface area contributed by atoms with E-state index in [0.717, 1.165) is 19.0 Å². The first-order valence-corrected chi connectivity index (χ1v) is 7.22. The Hall–Kier alpha value is -1.22. The first-order chi connectivity index (χ1) is 8.93. The summed E-state index contributed by atoms with van der Waals surface area (Å²) in [6.07, 6.45) is 4.07. The predicted molar refractivity (Wildman–Crippen MR) is 77.4 cm³/mol. The normalized spacial score (nSPS) is 23.3. The first-order valence-electron chi connectivity index (χ1n) is 7.22. The molecule has 3 rings (SSSR count). The number of benzene rings is 1. The Balaban J connectivity index is 1.60. The van der Waals surface area contributed by atoms with Crippen LogP contribution in [-0.4, -0.2) is 32.7 Å². The molecule has 3 nitrogen and oxygen atoms in total. The van der Waals surface area contributed by atoms with Crippen molar-refractivity contribution in [3.63, 3.8) is 0 Å². The van der Waals surface area contributed by atoms with Crippen LogP contribution in [0.4, 0.5) is 11.4 Å². The SMILES string of the molecule is c1ccc2c(c1)NCCN2CCC1CCCNC1. The molecule has 98 valence electrons. The summed E-state index contributed by atoms with van der Waals surface area (Å²) in [6, 6.07) is 8.67. The van der Waals surface area contributed by atoms with Gasteiger partial charge in [-0.15, -0.1) is 0 Å². The van der Waals surface area contributed by atoms with Crippen LogP contribution < -0.4 is 15.5 Å². The Labute approximate surface area is 110 Å². The van der Waals surface area contributed by atoms with E-state index >= 15 is 0 Å². The monoisotopic (exact) mass is 245 g/mol. The third kappa shape index (κ3) is 2.61. The van der Waals surface area contributed by atoms with Crippen molar-refractivity contribution in [3.8, 4) is 0 Å². The van der Waals surface area contributed by atoms with Crippen LogP contribution >= 0.6 is 0 Å². The number of rotatable bonds is 3. The number of nitrogens with zero attached hydrogens (tertiary/aromatic N) is 1. The van der Waals surface area contributed by atoms with E-state index in [1.54, 1.807) is 0 Å². The second kappa shape index (κ2) is 5.61. The molecular weight excluding hydrogens is 222 g/mol. The maximum absolute atomic E-state index is 3.51. The van der Waals surface area contributed by atoms with Gasteiger partial charge in [0.05, 0.1) is 11.4 Å². The second-order valence-electron chi connectivity index (χ2n) is 5.43. The molecule has 2 aliphatic rings. The zero-order chi connectivity index (χ0) is 12.2. The number of nitrogens with one attached hydrogen (secondary N) is 2. The van der Waals surface area contributed by atoms with Crippen molar-refractivity contribution >= 4 is 11.4 Å². The van der Waals surface area contributed by atoms with Gasteiger partial charge < -0.3 is 15.5 Å². The summed E-state index contributed by atoms with van der Waals surface area (Å²) >= 11 is 0. The van der Waals surface area contributed by atoms with Crippen LogP contribution in [0.5, 0.6) is 0 Å². The Kier molecular flexibility index (Phi) is 3.69. The second-order valence-corrected chi connectivity index (χ2v) is 5.43. The number of piperidine rings is 1. The van der Waals surface area contributed by atoms with Gasteiger partial charge in [-0.25, -0.2) is 0 Å². The summed E-state index contributed by atoms with van der Waals surface area (Å²) < 4.78 is 0. The highest BCUT2D eigenvalue weighted by Crippen LogP contribution is 2.29. The summed E-state index contributed by atoms with van der Waals surface area (Å²) in [5.74, 6) is 0.876. The van der Waals surface area contributed by atoms with Crippen molar-refractivity contribution in [2.75, 3.05) is 42.9 Å². The van der Waals surface area contributed by atoms with E-state index in [9.17, 15) is 0 Å². The van der Waals surface area contributed by atoms with Gasteiger partial charge in [0.1, 0.15) is 0 Å². The molecule has 2 N–H and O–H groups in total. The van der Waals surface area contributed by atoms with Crippen LogP contribution in [0.1, 0.15) is 19.3 Å². The molecule has 3 heteroatoms. The van der Waals surface area contributed by atoms with Crippen LogP contribution in [0.25, 0.3) is 0 Å². The van der Waals surface area contributed by atoms with Crippen LogP contribution in [0.2, 0.25) is 0 Å². The molecule has 1 saturated heterocycles. The quantitative estimate of drug-likeness (QED) is 0.855. The molecule has 2 heterocycles. The van der Waals surface area contributed by atoms with Crippen molar-refractivity contribution in [2.24, 2.45) is 5.92 Å². The molecule has 1 aromatic carbocycles. The lowest BCUT2D eigenvalue weighted by Crippen LogP contribution is -2.37. The highest BCUT2D eigenvalue weighted by atomic mass is 15.2. The molecule has 0 spiro atoms. The molecule has 1 fully saturated rings. The van der Waals surface area contributed by atoms with Crippen molar-refractivity contribution in [2.45, 2.75) is 19.3 Å². The van der Waals surface area contributed by atoms with Gasteiger partial charge in [0.25, 0.3) is 0 Å². The van der Waals surface area contributed by atoms with Crippen LogP contribution in [-0.2, 0) is 0 Å². The Morgan fingerprint density at radius 3 is 3.06 bits per heavy atom. The smallest absolute Gasteiger partial charge is 0.0602 e.